The fourth-order valence-electron chi connectivity index (χ4n) is 3.13. The van der Waals surface area contributed by atoms with Crippen molar-refractivity contribution in [2.75, 3.05) is 16.8 Å². The molecule has 1 N–H and O–H groups in total. The minimum absolute atomic E-state index is 0.0829. The van der Waals surface area contributed by atoms with Crippen LogP contribution in [0, 0.1) is 13.8 Å². The molecular formula is C21H23N3O2. The van der Waals surface area contributed by atoms with Crippen molar-refractivity contribution in [2.24, 2.45) is 7.05 Å². The van der Waals surface area contributed by atoms with Gasteiger partial charge in [0.2, 0.25) is 0 Å². The molecule has 0 unspecified atom stereocenters. The number of hydrogen-bond donors (Lipinski definition) is 1. The first-order valence-electron chi connectivity index (χ1n) is 8.66. The normalized spacial score (nSPS) is 10.8. The summed E-state index contributed by atoms with van der Waals surface area (Å²) in [6.07, 6.45) is 1.67. The van der Waals surface area contributed by atoms with Gasteiger partial charge in [-0.25, -0.2) is 4.79 Å². The van der Waals surface area contributed by atoms with Crippen LogP contribution in [0.2, 0.25) is 0 Å². The molecule has 1 heterocycles. The lowest BCUT2D eigenvalue weighted by molar-refractivity contribution is 0.257. The Morgan fingerprint density at radius 3 is 2.50 bits per heavy atom. The van der Waals surface area contributed by atoms with Crippen LogP contribution in [-0.2, 0) is 7.05 Å². The predicted molar refractivity (Wildman–Crippen MR) is 107 cm³/mol. The second kappa shape index (κ2) is 7.04. The summed E-state index contributed by atoms with van der Waals surface area (Å²) in [4.78, 5) is 27.0. The number of aryl methyl sites for hydroxylation is 3. The van der Waals surface area contributed by atoms with Crippen LogP contribution in [0.3, 0.4) is 0 Å². The van der Waals surface area contributed by atoms with Crippen molar-refractivity contribution < 1.29 is 4.79 Å². The maximum Gasteiger partial charge on any atom is 0.326 e. The van der Waals surface area contributed by atoms with Crippen LogP contribution in [-0.4, -0.2) is 17.1 Å². The summed E-state index contributed by atoms with van der Waals surface area (Å²) >= 11 is 0. The lowest BCUT2D eigenvalue weighted by Crippen LogP contribution is -2.35. The molecule has 2 aromatic carbocycles. The molecule has 0 saturated heterocycles. The second-order valence-electron chi connectivity index (χ2n) is 6.47. The Balaban J connectivity index is 2.02. The van der Waals surface area contributed by atoms with E-state index in [0.29, 0.717) is 17.6 Å². The number of amides is 2. The van der Waals surface area contributed by atoms with Crippen molar-refractivity contribution >= 4 is 28.2 Å². The van der Waals surface area contributed by atoms with Gasteiger partial charge >= 0.3 is 6.03 Å². The van der Waals surface area contributed by atoms with Crippen LogP contribution in [0.25, 0.3) is 10.8 Å². The van der Waals surface area contributed by atoms with E-state index in [4.69, 9.17) is 0 Å². The highest BCUT2D eigenvalue weighted by molar-refractivity contribution is 6.07. The average Bonchev–Trinajstić information content (AvgIpc) is 2.63. The van der Waals surface area contributed by atoms with Gasteiger partial charge in [-0.05, 0) is 44.0 Å². The molecule has 0 saturated carbocycles. The maximum absolute atomic E-state index is 13.0. The van der Waals surface area contributed by atoms with Crippen molar-refractivity contribution in [1.82, 2.24) is 4.57 Å². The Hall–Kier alpha value is -3.08. The molecule has 0 bridgehead atoms. The fourth-order valence-corrected chi connectivity index (χ4v) is 3.13. The Labute approximate surface area is 152 Å². The topological polar surface area (TPSA) is 54.3 Å². The van der Waals surface area contributed by atoms with Crippen LogP contribution in [0.5, 0.6) is 0 Å². The summed E-state index contributed by atoms with van der Waals surface area (Å²) in [5, 5.41) is 4.30. The SMILES string of the molecule is CCN(C(=O)Nc1cn(C)c(=O)c2ccccc12)c1cc(C)ccc1C. The highest BCUT2D eigenvalue weighted by atomic mass is 16.2. The van der Waals surface area contributed by atoms with Gasteiger partial charge < -0.3 is 9.88 Å². The zero-order chi connectivity index (χ0) is 18.8. The van der Waals surface area contributed by atoms with E-state index in [-0.39, 0.29) is 11.6 Å². The Morgan fingerprint density at radius 2 is 1.81 bits per heavy atom. The fraction of sp³-hybridized carbons (Fsp3) is 0.238. The molecule has 0 aliphatic heterocycles. The number of hydrogen-bond acceptors (Lipinski definition) is 2. The van der Waals surface area contributed by atoms with Crippen LogP contribution < -0.4 is 15.8 Å². The molecular weight excluding hydrogens is 326 g/mol. The van der Waals surface area contributed by atoms with Gasteiger partial charge in [0.15, 0.2) is 0 Å². The zero-order valence-corrected chi connectivity index (χ0v) is 15.5. The molecule has 0 aliphatic rings. The molecule has 0 fully saturated rings. The molecule has 134 valence electrons. The van der Waals surface area contributed by atoms with Gasteiger partial charge in [0.05, 0.1) is 5.69 Å². The first-order chi connectivity index (χ1) is 12.4. The predicted octanol–water partition coefficient (Wildman–Crippen LogP) is 4.21. The molecule has 3 rings (SSSR count). The van der Waals surface area contributed by atoms with E-state index in [0.717, 1.165) is 22.2 Å². The van der Waals surface area contributed by atoms with E-state index in [2.05, 4.69) is 5.32 Å². The van der Waals surface area contributed by atoms with Crippen molar-refractivity contribution in [1.29, 1.82) is 0 Å². The first kappa shape index (κ1) is 17.7. The van der Waals surface area contributed by atoms with E-state index in [1.807, 2.05) is 57.2 Å². The first-order valence-corrected chi connectivity index (χ1v) is 8.66. The third-order valence-corrected chi connectivity index (χ3v) is 4.55. The Kier molecular flexibility index (Phi) is 4.80. The van der Waals surface area contributed by atoms with E-state index in [1.54, 1.807) is 24.2 Å². The largest absolute Gasteiger partial charge is 0.326 e. The summed E-state index contributed by atoms with van der Waals surface area (Å²) in [7, 11) is 1.69. The monoisotopic (exact) mass is 349 g/mol. The van der Waals surface area contributed by atoms with E-state index in [9.17, 15) is 9.59 Å². The van der Waals surface area contributed by atoms with Crippen LogP contribution in [0.4, 0.5) is 16.2 Å². The molecule has 1 aromatic heterocycles. The Bertz CT molecular complexity index is 1040. The molecule has 0 spiro atoms. The lowest BCUT2D eigenvalue weighted by atomic mass is 10.1. The second-order valence-corrected chi connectivity index (χ2v) is 6.47. The van der Waals surface area contributed by atoms with Gasteiger partial charge in [0.25, 0.3) is 5.56 Å². The summed E-state index contributed by atoms with van der Waals surface area (Å²) in [6, 6.07) is 13.1. The number of fused-ring (bicyclic) bond motifs is 1. The van der Waals surface area contributed by atoms with E-state index < -0.39 is 0 Å². The van der Waals surface area contributed by atoms with E-state index >= 15 is 0 Å². The van der Waals surface area contributed by atoms with Crippen LogP contribution in [0.15, 0.2) is 53.5 Å². The number of pyridine rings is 1. The maximum atomic E-state index is 13.0. The third-order valence-electron chi connectivity index (χ3n) is 4.55. The number of nitrogens with zero attached hydrogens (tertiary/aromatic N) is 2. The van der Waals surface area contributed by atoms with Crippen molar-refractivity contribution in [2.45, 2.75) is 20.8 Å². The van der Waals surface area contributed by atoms with Crippen molar-refractivity contribution in [3.05, 3.63) is 70.1 Å². The quantitative estimate of drug-likeness (QED) is 0.770. The minimum Gasteiger partial charge on any atom is -0.316 e. The summed E-state index contributed by atoms with van der Waals surface area (Å²) < 4.78 is 1.49. The van der Waals surface area contributed by atoms with Crippen LogP contribution in [0.1, 0.15) is 18.1 Å². The van der Waals surface area contributed by atoms with Crippen molar-refractivity contribution in [3.8, 4) is 0 Å². The molecule has 5 heteroatoms. The molecule has 26 heavy (non-hydrogen) atoms. The number of nitrogens with one attached hydrogen (secondary N) is 1. The standard InChI is InChI=1S/C21H23N3O2/c1-5-24(19-12-14(2)10-11-15(19)3)21(26)22-18-13-23(4)20(25)17-9-7-6-8-16(17)18/h6-13H,5H2,1-4H3,(H,22,26). The number of rotatable bonds is 3. The highest BCUT2D eigenvalue weighted by Crippen LogP contribution is 2.24. The number of urea groups is 1. The number of carbonyl (C=O) groups is 1. The molecule has 2 amide bonds. The number of aromatic nitrogens is 1. The summed E-state index contributed by atoms with van der Waals surface area (Å²) in [5.41, 5.74) is 3.57. The van der Waals surface area contributed by atoms with Gasteiger partial charge in [-0.1, -0.05) is 30.3 Å². The van der Waals surface area contributed by atoms with Gasteiger partial charge in [-0.2, -0.15) is 0 Å². The van der Waals surface area contributed by atoms with Gasteiger partial charge in [-0.15, -0.1) is 0 Å². The molecule has 0 atom stereocenters. The van der Waals surface area contributed by atoms with Crippen LogP contribution >= 0.6 is 0 Å². The number of anilines is 2. The Morgan fingerprint density at radius 1 is 1.12 bits per heavy atom. The zero-order valence-electron chi connectivity index (χ0n) is 15.5. The number of carbonyl (C=O) groups excluding carboxylic acids is 1. The number of benzene rings is 2. The highest BCUT2D eigenvalue weighted by Gasteiger charge is 2.18. The van der Waals surface area contributed by atoms with Gasteiger partial charge in [0.1, 0.15) is 0 Å². The smallest absolute Gasteiger partial charge is 0.316 e. The summed E-state index contributed by atoms with van der Waals surface area (Å²) in [6.45, 7) is 6.49. The molecule has 0 aliphatic carbocycles. The lowest BCUT2D eigenvalue weighted by Gasteiger charge is -2.24. The average molecular weight is 349 g/mol. The van der Waals surface area contributed by atoms with Gasteiger partial charge in [0, 0.05) is 36.2 Å². The minimum atomic E-state index is -0.218. The van der Waals surface area contributed by atoms with E-state index in [1.165, 1.54) is 4.57 Å². The third kappa shape index (κ3) is 3.20. The molecule has 5 nitrogen and oxygen atoms in total. The van der Waals surface area contributed by atoms with Gasteiger partial charge in [-0.3, -0.25) is 9.69 Å². The van der Waals surface area contributed by atoms with Crippen molar-refractivity contribution in [3.63, 3.8) is 0 Å². The molecule has 3 aromatic rings. The summed E-state index contributed by atoms with van der Waals surface area (Å²) in [5.74, 6) is 0. The molecule has 0 radical (unpaired) electrons.